The van der Waals surface area contributed by atoms with E-state index < -0.39 is 10.0 Å². The van der Waals surface area contributed by atoms with Gasteiger partial charge in [0.2, 0.25) is 5.91 Å². The second kappa shape index (κ2) is 10.7. The first-order chi connectivity index (χ1) is 17.6. The summed E-state index contributed by atoms with van der Waals surface area (Å²) in [5.74, 6) is -0.299. The molecule has 2 aromatic carbocycles. The number of amides is 1. The summed E-state index contributed by atoms with van der Waals surface area (Å²) < 4.78 is 29.1. The predicted molar refractivity (Wildman–Crippen MR) is 147 cm³/mol. The molecule has 1 amide bonds. The first kappa shape index (κ1) is 26.3. The lowest BCUT2D eigenvalue weighted by Gasteiger charge is -2.28. The van der Waals surface area contributed by atoms with Crippen LogP contribution in [0.1, 0.15) is 38.8 Å². The van der Waals surface area contributed by atoms with Crippen LogP contribution in [-0.4, -0.2) is 42.3 Å². The molecule has 0 N–H and O–H groups in total. The van der Waals surface area contributed by atoms with Crippen molar-refractivity contribution in [3.05, 3.63) is 96.4 Å². The Kier molecular flexibility index (Phi) is 7.59. The summed E-state index contributed by atoms with van der Waals surface area (Å²) in [6.07, 6.45) is 5.07. The van der Waals surface area contributed by atoms with Gasteiger partial charge in [-0.3, -0.25) is 19.1 Å². The molecular weight excluding hydrogens is 484 g/mol. The Morgan fingerprint density at radius 3 is 2.32 bits per heavy atom. The molecule has 0 fully saturated rings. The Bertz CT molecular complexity index is 1480. The molecule has 0 saturated carbocycles. The molecule has 7 nitrogen and oxygen atoms in total. The van der Waals surface area contributed by atoms with Crippen LogP contribution < -0.4 is 4.31 Å². The molecule has 0 aliphatic heterocycles. The number of carbonyl (C=O) groups is 1. The summed E-state index contributed by atoms with van der Waals surface area (Å²) in [6, 6.07) is 19.5. The lowest BCUT2D eigenvalue weighted by atomic mass is 9.87. The molecule has 37 heavy (non-hydrogen) atoms. The molecular formula is C29H32N4O3S. The fourth-order valence-corrected chi connectivity index (χ4v) is 5.50. The summed E-state index contributed by atoms with van der Waals surface area (Å²) in [7, 11) is -4.04. The maximum atomic E-state index is 14.0. The van der Waals surface area contributed by atoms with Gasteiger partial charge in [-0.05, 0) is 65.9 Å². The van der Waals surface area contributed by atoms with Crippen molar-refractivity contribution in [3.63, 3.8) is 0 Å². The average Bonchev–Trinajstić information content (AvgIpc) is 2.90. The van der Waals surface area contributed by atoms with Crippen LogP contribution in [0.15, 0.2) is 90.2 Å². The molecule has 2 heterocycles. The van der Waals surface area contributed by atoms with Gasteiger partial charge in [0.15, 0.2) is 0 Å². The molecule has 0 radical (unpaired) electrons. The highest BCUT2D eigenvalue weighted by Crippen LogP contribution is 2.29. The largest absolute Gasteiger partial charge is 0.337 e. The first-order valence-electron chi connectivity index (χ1n) is 12.2. The van der Waals surface area contributed by atoms with E-state index in [0.29, 0.717) is 18.8 Å². The summed E-state index contributed by atoms with van der Waals surface area (Å²) in [6.45, 7) is 8.55. The van der Waals surface area contributed by atoms with Gasteiger partial charge in [-0.2, -0.15) is 0 Å². The number of aromatic nitrogens is 2. The number of sulfonamides is 1. The molecule has 0 atom stereocenters. The smallest absolute Gasteiger partial charge is 0.264 e. The molecule has 0 aliphatic rings. The zero-order valence-corrected chi connectivity index (χ0v) is 22.4. The van der Waals surface area contributed by atoms with Crippen LogP contribution in [0.3, 0.4) is 0 Å². The van der Waals surface area contributed by atoms with E-state index in [1.165, 1.54) is 4.31 Å². The Hall–Kier alpha value is -3.78. The third kappa shape index (κ3) is 5.97. The van der Waals surface area contributed by atoms with Gasteiger partial charge in [-0.25, -0.2) is 8.42 Å². The Morgan fingerprint density at radius 1 is 0.946 bits per heavy atom. The monoisotopic (exact) mass is 516 g/mol. The van der Waals surface area contributed by atoms with Crippen LogP contribution in [0.4, 0.5) is 5.69 Å². The molecule has 0 aliphatic carbocycles. The van der Waals surface area contributed by atoms with Crippen molar-refractivity contribution in [1.29, 1.82) is 0 Å². The molecule has 0 unspecified atom stereocenters. The number of hydrogen-bond acceptors (Lipinski definition) is 5. The summed E-state index contributed by atoms with van der Waals surface area (Å²) in [5, 5.41) is 0.790. The minimum atomic E-state index is -4.04. The third-order valence-electron chi connectivity index (χ3n) is 6.29. The lowest BCUT2D eigenvalue weighted by Crippen LogP contribution is -2.42. The van der Waals surface area contributed by atoms with Crippen molar-refractivity contribution in [3.8, 4) is 0 Å². The van der Waals surface area contributed by atoms with Gasteiger partial charge < -0.3 is 4.90 Å². The number of fused-ring (bicyclic) bond motifs is 1. The van der Waals surface area contributed by atoms with Crippen molar-refractivity contribution in [1.82, 2.24) is 14.9 Å². The van der Waals surface area contributed by atoms with Gasteiger partial charge in [-0.15, -0.1) is 0 Å². The van der Waals surface area contributed by atoms with E-state index in [0.717, 1.165) is 22.0 Å². The maximum Gasteiger partial charge on any atom is 0.264 e. The highest BCUT2D eigenvalue weighted by Gasteiger charge is 2.29. The number of pyridine rings is 2. The Labute approximate surface area is 218 Å². The standard InChI is InChI=1S/C29H32N4O3S/c1-5-32(20-22-8-6-16-30-19-22)28(34)21-33(25-12-15-27-23(18-25)9-7-17-31-27)37(35,36)26-13-10-24(11-14-26)29(2,3)4/h6-19H,5,20-21H2,1-4H3. The fraction of sp³-hybridized carbons (Fsp3) is 0.276. The van der Waals surface area contributed by atoms with Crippen LogP contribution >= 0.6 is 0 Å². The SMILES string of the molecule is CCN(Cc1cccnc1)C(=O)CN(c1ccc2ncccc2c1)S(=O)(=O)c1ccc(C(C)(C)C)cc1. The fourth-order valence-electron chi connectivity index (χ4n) is 4.10. The van der Waals surface area contributed by atoms with E-state index >= 15 is 0 Å². The van der Waals surface area contributed by atoms with Crippen LogP contribution in [0.2, 0.25) is 0 Å². The normalized spacial score (nSPS) is 11.9. The number of benzene rings is 2. The molecule has 4 rings (SSSR count). The number of likely N-dealkylation sites (N-methyl/N-ethyl adjacent to an activating group) is 1. The molecule has 2 aromatic heterocycles. The van der Waals surface area contributed by atoms with E-state index in [4.69, 9.17) is 0 Å². The zero-order valence-electron chi connectivity index (χ0n) is 21.6. The van der Waals surface area contributed by atoms with Crippen molar-refractivity contribution < 1.29 is 13.2 Å². The van der Waals surface area contributed by atoms with Crippen LogP contribution in [0.25, 0.3) is 10.9 Å². The summed E-state index contributed by atoms with van der Waals surface area (Å²) in [4.78, 5) is 23.7. The first-order valence-corrected chi connectivity index (χ1v) is 13.7. The lowest BCUT2D eigenvalue weighted by molar-refractivity contribution is -0.129. The highest BCUT2D eigenvalue weighted by atomic mass is 32.2. The summed E-state index contributed by atoms with van der Waals surface area (Å²) in [5.41, 5.74) is 2.94. The average molecular weight is 517 g/mol. The van der Waals surface area contributed by atoms with E-state index in [1.807, 2.05) is 37.3 Å². The zero-order chi connectivity index (χ0) is 26.6. The number of nitrogens with zero attached hydrogens (tertiary/aromatic N) is 4. The van der Waals surface area contributed by atoms with E-state index in [9.17, 15) is 13.2 Å². The molecule has 192 valence electrons. The van der Waals surface area contributed by atoms with Crippen LogP contribution in [0, 0.1) is 0 Å². The van der Waals surface area contributed by atoms with Crippen molar-refractivity contribution in [2.24, 2.45) is 0 Å². The molecule has 0 bridgehead atoms. The van der Waals surface area contributed by atoms with Gasteiger partial charge >= 0.3 is 0 Å². The van der Waals surface area contributed by atoms with Crippen molar-refractivity contribution >= 4 is 32.5 Å². The molecule has 8 heteroatoms. The third-order valence-corrected chi connectivity index (χ3v) is 8.08. The van der Waals surface area contributed by atoms with Crippen molar-refractivity contribution in [2.75, 3.05) is 17.4 Å². The predicted octanol–water partition coefficient (Wildman–Crippen LogP) is 5.17. The second-order valence-electron chi connectivity index (χ2n) is 9.94. The topological polar surface area (TPSA) is 83.5 Å². The van der Waals surface area contributed by atoms with Crippen molar-refractivity contribution in [2.45, 2.75) is 44.6 Å². The van der Waals surface area contributed by atoms with Crippen LogP contribution in [-0.2, 0) is 26.8 Å². The highest BCUT2D eigenvalue weighted by molar-refractivity contribution is 7.92. The van der Waals surface area contributed by atoms with Gasteiger partial charge in [0.1, 0.15) is 6.54 Å². The molecule has 4 aromatic rings. The van der Waals surface area contributed by atoms with E-state index in [2.05, 4.69) is 30.7 Å². The molecule has 0 spiro atoms. The molecule has 0 saturated heterocycles. The van der Waals surface area contributed by atoms with Gasteiger partial charge in [-0.1, -0.05) is 45.0 Å². The number of carbonyl (C=O) groups excluding carboxylic acids is 1. The second-order valence-corrected chi connectivity index (χ2v) is 11.8. The number of rotatable bonds is 8. The van der Waals surface area contributed by atoms with Crippen LogP contribution in [0.5, 0.6) is 0 Å². The maximum absolute atomic E-state index is 14.0. The van der Waals surface area contributed by atoms with E-state index in [1.54, 1.807) is 59.9 Å². The minimum Gasteiger partial charge on any atom is -0.337 e. The number of anilines is 1. The Balaban J connectivity index is 1.72. The van der Waals surface area contributed by atoms with Gasteiger partial charge in [0.05, 0.1) is 16.1 Å². The number of hydrogen-bond donors (Lipinski definition) is 0. The Morgan fingerprint density at radius 2 is 1.68 bits per heavy atom. The van der Waals surface area contributed by atoms with Gasteiger partial charge in [0, 0.05) is 37.1 Å². The summed E-state index contributed by atoms with van der Waals surface area (Å²) >= 11 is 0. The quantitative estimate of drug-likeness (QED) is 0.323. The van der Waals surface area contributed by atoms with E-state index in [-0.39, 0.29) is 22.8 Å². The minimum absolute atomic E-state index is 0.114. The van der Waals surface area contributed by atoms with Gasteiger partial charge in [0.25, 0.3) is 10.0 Å².